The number of hydrogen-bond acceptors (Lipinski definition) is 5. The maximum absolute atomic E-state index is 11.1. The number of ether oxygens (including phenoxy) is 1. The smallest absolute Gasteiger partial charge is 0.425 e. The molecule has 1 rings (SSSR count). The van der Waals surface area contributed by atoms with Gasteiger partial charge in [0.25, 0.3) is 0 Å². The van der Waals surface area contributed by atoms with E-state index in [4.69, 9.17) is 20.5 Å². The Hall–Kier alpha value is -1.37. The Morgan fingerprint density at radius 1 is 1.40 bits per heavy atom. The number of carbonyl (C=O) groups excluding carboxylic acids is 1. The van der Waals surface area contributed by atoms with Crippen LogP contribution in [0.25, 0.3) is 0 Å². The Balaban J connectivity index is 2.69. The zero-order valence-electron chi connectivity index (χ0n) is 8.25. The van der Waals surface area contributed by atoms with Crippen molar-refractivity contribution in [3.8, 4) is 5.75 Å². The van der Waals surface area contributed by atoms with Gasteiger partial charge >= 0.3 is 13.1 Å². The molecule has 15 heavy (non-hydrogen) atoms. The van der Waals surface area contributed by atoms with Crippen LogP contribution in [-0.2, 0) is 4.79 Å². The van der Waals surface area contributed by atoms with Gasteiger partial charge in [-0.25, -0.2) is 4.79 Å². The monoisotopic (exact) mass is 209 g/mol. The van der Waals surface area contributed by atoms with Crippen LogP contribution in [0.15, 0.2) is 24.3 Å². The maximum Gasteiger partial charge on any atom is 0.488 e. The lowest BCUT2D eigenvalue weighted by atomic mass is 9.80. The van der Waals surface area contributed by atoms with E-state index in [9.17, 15) is 4.79 Å². The molecule has 0 spiro atoms. The molecule has 0 fully saturated rings. The summed E-state index contributed by atoms with van der Waals surface area (Å²) in [6.07, 6.45) is 0. The summed E-state index contributed by atoms with van der Waals surface area (Å²) in [6, 6.07) is 5.15. The highest BCUT2D eigenvalue weighted by atomic mass is 16.5. The highest BCUT2D eigenvalue weighted by Gasteiger charge is 2.12. The molecule has 4 N–H and O–H groups in total. The van der Waals surface area contributed by atoms with Gasteiger partial charge in [0.2, 0.25) is 0 Å². The van der Waals surface area contributed by atoms with Gasteiger partial charge in [-0.05, 0) is 24.5 Å². The van der Waals surface area contributed by atoms with E-state index in [2.05, 4.69) is 0 Å². The van der Waals surface area contributed by atoms with Crippen molar-refractivity contribution in [3.05, 3.63) is 24.3 Å². The molecule has 0 radical (unpaired) electrons. The van der Waals surface area contributed by atoms with Crippen LogP contribution < -0.4 is 15.9 Å². The Morgan fingerprint density at radius 2 is 1.93 bits per heavy atom. The normalized spacial score (nSPS) is 12.0. The summed E-state index contributed by atoms with van der Waals surface area (Å²) in [5.74, 6) is -0.214. The molecule has 0 aliphatic heterocycles. The molecule has 0 aromatic heterocycles. The molecule has 0 saturated carbocycles. The van der Waals surface area contributed by atoms with Crippen LogP contribution >= 0.6 is 0 Å². The van der Waals surface area contributed by atoms with Gasteiger partial charge in [-0.1, -0.05) is 12.1 Å². The number of carbonyl (C=O) groups is 1. The molecule has 0 saturated heterocycles. The molecule has 0 aliphatic rings. The van der Waals surface area contributed by atoms with Crippen molar-refractivity contribution >= 4 is 18.6 Å². The van der Waals surface area contributed by atoms with E-state index in [0.29, 0.717) is 11.2 Å². The lowest BCUT2D eigenvalue weighted by molar-refractivity contribution is -0.135. The minimum atomic E-state index is -1.52. The summed E-state index contributed by atoms with van der Waals surface area (Å²) in [5.41, 5.74) is 5.64. The van der Waals surface area contributed by atoms with Gasteiger partial charge in [-0.15, -0.1) is 0 Å². The van der Waals surface area contributed by atoms with Gasteiger partial charge in [0, 0.05) is 0 Å². The molecule has 5 nitrogen and oxygen atoms in total. The quantitative estimate of drug-likeness (QED) is 0.324. The first-order valence-electron chi connectivity index (χ1n) is 4.44. The molecule has 1 aromatic rings. The first-order valence-corrected chi connectivity index (χ1v) is 4.44. The number of benzene rings is 1. The molecule has 0 aliphatic carbocycles. The van der Waals surface area contributed by atoms with Gasteiger partial charge in [0.15, 0.2) is 0 Å². The van der Waals surface area contributed by atoms with E-state index in [1.807, 2.05) is 0 Å². The average molecular weight is 209 g/mol. The predicted octanol–water partition coefficient (Wildman–Crippen LogP) is -1.38. The van der Waals surface area contributed by atoms with Crippen molar-refractivity contribution in [3.63, 3.8) is 0 Å². The third-order valence-electron chi connectivity index (χ3n) is 1.77. The van der Waals surface area contributed by atoms with Crippen molar-refractivity contribution in [2.45, 2.75) is 13.0 Å². The third kappa shape index (κ3) is 3.36. The lowest BCUT2D eigenvalue weighted by Gasteiger charge is -2.07. The third-order valence-corrected chi connectivity index (χ3v) is 1.77. The second kappa shape index (κ2) is 4.93. The minimum Gasteiger partial charge on any atom is -0.425 e. The predicted molar refractivity (Wildman–Crippen MR) is 55.6 cm³/mol. The van der Waals surface area contributed by atoms with Crippen molar-refractivity contribution in [1.29, 1.82) is 0 Å². The fourth-order valence-corrected chi connectivity index (χ4v) is 0.917. The average Bonchev–Trinajstić information content (AvgIpc) is 2.18. The molecule has 1 atom stereocenters. The fraction of sp³-hybridized carbons (Fsp3) is 0.222. The molecule has 0 heterocycles. The molecule has 6 heteroatoms. The summed E-state index contributed by atoms with van der Waals surface area (Å²) < 4.78 is 4.88. The van der Waals surface area contributed by atoms with Gasteiger partial charge in [0.05, 0.1) is 0 Å². The first kappa shape index (κ1) is 11.7. The highest BCUT2D eigenvalue weighted by Crippen LogP contribution is 2.08. The summed E-state index contributed by atoms with van der Waals surface area (Å²) in [4.78, 5) is 11.1. The summed E-state index contributed by atoms with van der Waals surface area (Å²) in [7, 11) is -1.52. The largest absolute Gasteiger partial charge is 0.488 e. The maximum atomic E-state index is 11.1. The Morgan fingerprint density at radius 3 is 2.33 bits per heavy atom. The Kier molecular flexibility index (Phi) is 3.84. The van der Waals surface area contributed by atoms with E-state index in [1.165, 1.54) is 31.2 Å². The summed E-state index contributed by atoms with van der Waals surface area (Å²) >= 11 is 0. The van der Waals surface area contributed by atoms with E-state index in [1.54, 1.807) is 0 Å². The van der Waals surface area contributed by atoms with Crippen LogP contribution in [0.4, 0.5) is 0 Å². The Bertz CT molecular complexity index is 336. The van der Waals surface area contributed by atoms with Crippen LogP contribution in [0.1, 0.15) is 6.92 Å². The molecule has 80 valence electrons. The molecule has 0 bridgehead atoms. The molecule has 0 unspecified atom stereocenters. The molecular formula is C9H12BNO4. The molecular weight excluding hydrogens is 197 g/mol. The van der Waals surface area contributed by atoms with Gasteiger partial charge in [-0.2, -0.15) is 0 Å². The molecule has 0 amide bonds. The van der Waals surface area contributed by atoms with Crippen LogP contribution in [0.3, 0.4) is 0 Å². The van der Waals surface area contributed by atoms with Crippen LogP contribution in [0.2, 0.25) is 0 Å². The van der Waals surface area contributed by atoms with Crippen LogP contribution in [-0.4, -0.2) is 29.2 Å². The number of nitrogens with two attached hydrogens (primary N) is 1. The van der Waals surface area contributed by atoms with Crippen molar-refractivity contribution in [2.24, 2.45) is 5.73 Å². The van der Waals surface area contributed by atoms with Gasteiger partial charge < -0.3 is 20.5 Å². The topological polar surface area (TPSA) is 92.8 Å². The number of hydrogen-bond donors (Lipinski definition) is 3. The van der Waals surface area contributed by atoms with E-state index < -0.39 is 19.1 Å². The number of rotatable bonds is 3. The first-order chi connectivity index (χ1) is 7.00. The van der Waals surface area contributed by atoms with Crippen molar-refractivity contribution < 1.29 is 19.6 Å². The van der Waals surface area contributed by atoms with E-state index >= 15 is 0 Å². The summed E-state index contributed by atoms with van der Waals surface area (Å²) in [6.45, 7) is 1.52. The van der Waals surface area contributed by atoms with E-state index in [0.717, 1.165) is 0 Å². The van der Waals surface area contributed by atoms with Gasteiger partial charge in [-0.3, -0.25) is 0 Å². The number of esters is 1. The standard InChI is InChI=1S/C9H12BNO4/c1-6(11)9(12)15-8-4-2-7(3-5-8)10(13)14/h2-6,13-14H,11H2,1H3/t6-/m0/s1. The van der Waals surface area contributed by atoms with Crippen molar-refractivity contribution in [1.82, 2.24) is 0 Å². The van der Waals surface area contributed by atoms with Gasteiger partial charge in [0.1, 0.15) is 11.8 Å². The zero-order chi connectivity index (χ0) is 11.4. The van der Waals surface area contributed by atoms with Crippen LogP contribution in [0, 0.1) is 0 Å². The fourth-order valence-electron chi connectivity index (χ4n) is 0.917. The second-order valence-electron chi connectivity index (χ2n) is 3.15. The second-order valence-corrected chi connectivity index (χ2v) is 3.15. The van der Waals surface area contributed by atoms with Crippen molar-refractivity contribution in [2.75, 3.05) is 0 Å². The molecule has 1 aromatic carbocycles. The highest BCUT2D eigenvalue weighted by molar-refractivity contribution is 6.58. The van der Waals surface area contributed by atoms with Crippen LogP contribution in [0.5, 0.6) is 5.75 Å². The zero-order valence-corrected chi connectivity index (χ0v) is 8.25. The lowest BCUT2D eigenvalue weighted by Crippen LogP contribution is -2.31. The van der Waals surface area contributed by atoms with E-state index in [-0.39, 0.29) is 0 Å². The SMILES string of the molecule is C[C@H](N)C(=O)Oc1ccc(B(O)O)cc1. The minimum absolute atomic E-state index is 0.321. The summed E-state index contributed by atoms with van der Waals surface area (Å²) in [5, 5.41) is 17.6. The Labute approximate surface area is 87.6 Å².